The number of rotatable bonds is 4. The predicted octanol–water partition coefficient (Wildman–Crippen LogP) is 4.72. The number of para-hydroxylation sites is 1. The lowest BCUT2D eigenvalue weighted by molar-refractivity contribution is -0.184. The largest absolute Gasteiger partial charge is 0.493 e. The number of methoxy groups -OCH3 is 1. The van der Waals surface area contributed by atoms with E-state index in [9.17, 15) is 4.79 Å². The first-order valence-corrected chi connectivity index (χ1v) is 12.8. The van der Waals surface area contributed by atoms with Crippen LogP contribution in [0.3, 0.4) is 0 Å². The Hall–Kier alpha value is -3.32. The molecular weight excluding hydrogens is 454 g/mol. The molecule has 2 saturated heterocycles. The highest BCUT2D eigenvalue weighted by molar-refractivity contribution is 5.94. The summed E-state index contributed by atoms with van der Waals surface area (Å²) in [6, 6.07) is 14.0. The zero-order valence-electron chi connectivity index (χ0n) is 21.1. The topological polar surface area (TPSA) is 65.8 Å². The molecule has 4 heterocycles. The second-order valence-corrected chi connectivity index (χ2v) is 10.8. The molecule has 36 heavy (non-hydrogen) atoms. The lowest BCUT2D eigenvalue weighted by Crippen LogP contribution is -2.56. The van der Waals surface area contributed by atoms with Gasteiger partial charge < -0.3 is 23.7 Å². The monoisotopic (exact) mass is 487 g/mol. The third-order valence-corrected chi connectivity index (χ3v) is 8.09. The Morgan fingerprint density at radius 1 is 1.22 bits per heavy atom. The number of hydrogen-bond acceptors (Lipinski definition) is 5. The Balaban J connectivity index is 1.19. The molecule has 3 aliphatic rings. The van der Waals surface area contributed by atoms with Gasteiger partial charge in [0.15, 0.2) is 11.5 Å². The van der Waals surface area contributed by atoms with Crippen LogP contribution in [0, 0.1) is 11.8 Å². The van der Waals surface area contributed by atoms with Crippen LogP contribution >= 0.6 is 0 Å². The highest BCUT2D eigenvalue weighted by Crippen LogP contribution is 2.55. The predicted molar refractivity (Wildman–Crippen MR) is 135 cm³/mol. The van der Waals surface area contributed by atoms with E-state index in [2.05, 4.69) is 31.0 Å². The normalized spacial score (nSPS) is 26.2. The zero-order valence-corrected chi connectivity index (χ0v) is 21.1. The van der Waals surface area contributed by atoms with Crippen LogP contribution in [0.1, 0.15) is 54.3 Å². The standard InChI is InChI=1S/C29H33N3O4/c1-29(2)23-15-21-17-32(28(33)20-7-4-6-19(14-20)16-31-13-11-30-18-31)12-10-24(21)35-26(23)22-8-5-9-25(34-3)27(22)36-29/h4-9,11,13-14,18,21,23-24,26H,10,12,15-17H2,1-3H3/t21-,23+,24+,26-/m1/s1. The molecule has 4 atom stereocenters. The molecule has 0 radical (unpaired) electrons. The molecule has 1 aromatic heterocycles. The van der Waals surface area contributed by atoms with E-state index < -0.39 is 5.60 Å². The van der Waals surface area contributed by atoms with E-state index in [1.165, 1.54) is 0 Å². The summed E-state index contributed by atoms with van der Waals surface area (Å²) in [5.41, 5.74) is 2.51. The minimum absolute atomic E-state index is 0.0257. The first-order chi connectivity index (χ1) is 17.4. The number of amides is 1. The summed E-state index contributed by atoms with van der Waals surface area (Å²) in [5.74, 6) is 2.13. The van der Waals surface area contributed by atoms with Crippen LogP contribution in [-0.2, 0) is 11.3 Å². The summed E-state index contributed by atoms with van der Waals surface area (Å²) < 4.78 is 20.9. The number of hydrogen-bond donors (Lipinski definition) is 0. The Bertz CT molecular complexity index is 1260. The molecule has 0 saturated carbocycles. The number of piperidine rings is 1. The van der Waals surface area contributed by atoms with Crippen LogP contribution in [0.25, 0.3) is 0 Å². The Morgan fingerprint density at radius 2 is 2.08 bits per heavy atom. The van der Waals surface area contributed by atoms with Crippen molar-refractivity contribution in [3.63, 3.8) is 0 Å². The zero-order chi connectivity index (χ0) is 24.9. The smallest absolute Gasteiger partial charge is 0.253 e. The van der Waals surface area contributed by atoms with Gasteiger partial charge >= 0.3 is 0 Å². The maximum atomic E-state index is 13.5. The molecule has 0 unspecified atom stereocenters. The molecule has 7 heteroatoms. The number of likely N-dealkylation sites (tertiary alicyclic amines) is 1. The highest BCUT2D eigenvalue weighted by Gasteiger charge is 2.52. The van der Waals surface area contributed by atoms with Crippen molar-refractivity contribution in [2.45, 2.75) is 51.0 Å². The van der Waals surface area contributed by atoms with Gasteiger partial charge in [-0.25, -0.2) is 4.98 Å². The van der Waals surface area contributed by atoms with E-state index in [1.54, 1.807) is 19.6 Å². The summed E-state index contributed by atoms with van der Waals surface area (Å²) in [5, 5.41) is 0. The lowest BCUT2D eigenvalue weighted by Gasteiger charge is -2.53. The average molecular weight is 488 g/mol. The number of fused-ring (bicyclic) bond motifs is 4. The summed E-state index contributed by atoms with van der Waals surface area (Å²) in [7, 11) is 1.68. The van der Waals surface area contributed by atoms with E-state index in [1.807, 2.05) is 46.0 Å². The third kappa shape index (κ3) is 4.05. The van der Waals surface area contributed by atoms with Crippen LogP contribution in [0.4, 0.5) is 0 Å². The molecule has 2 aromatic carbocycles. The fraction of sp³-hybridized carbons (Fsp3) is 0.448. The number of benzene rings is 2. The fourth-order valence-corrected chi connectivity index (χ4v) is 6.21. The summed E-state index contributed by atoms with van der Waals surface area (Å²) in [6.07, 6.45) is 7.40. The van der Waals surface area contributed by atoms with Crippen LogP contribution < -0.4 is 9.47 Å². The van der Waals surface area contributed by atoms with Crippen molar-refractivity contribution in [3.8, 4) is 11.5 Å². The van der Waals surface area contributed by atoms with Gasteiger partial charge in [-0.05, 0) is 50.5 Å². The second-order valence-electron chi connectivity index (χ2n) is 10.8. The van der Waals surface area contributed by atoms with Gasteiger partial charge in [0, 0.05) is 55.0 Å². The quantitative estimate of drug-likeness (QED) is 0.533. The molecule has 3 aliphatic heterocycles. The molecule has 6 rings (SSSR count). The highest BCUT2D eigenvalue weighted by atomic mass is 16.5. The van der Waals surface area contributed by atoms with E-state index >= 15 is 0 Å². The van der Waals surface area contributed by atoms with Gasteiger partial charge in [0.1, 0.15) is 5.60 Å². The van der Waals surface area contributed by atoms with Crippen LogP contribution in [0.5, 0.6) is 11.5 Å². The van der Waals surface area contributed by atoms with Crippen molar-refractivity contribution >= 4 is 5.91 Å². The van der Waals surface area contributed by atoms with E-state index in [-0.39, 0.29) is 30.0 Å². The number of aromatic nitrogens is 2. The summed E-state index contributed by atoms with van der Waals surface area (Å²) in [4.78, 5) is 19.6. The molecule has 2 fully saturated rings. The third-order valence-electron chi connectivity index (χ3n) is 8.09. The van der Waals surface area contributed by atoms with Gasteiger partial charge in [0.2, 0.25) is 0 Å². The Kier molecular flexibility index (Phi) is 5.75. The number of carbonyl (C=O) groups is 1. The molecule has 7 nitrogen and oxygen atoms in total. The summed E-state index contributed by atoms with van der Waals surface area (Å²) >= 11 is 0. The SMILES string of the molecule is COc1cccc2c1OC(C)(C)[C@H]1C[C@@H]3CN(C(=O)c4cccc(Cn5ccnc5)c4)CC[C@@H]3O[C@H]21. The molecule has 3 aromatic rings. The van der Waals surface area contributed by atoms with E-state index in [0.29, 0.717) is 19.6 Å². The second kappa shape index (κ2) is 8.96. The number of imidazole rings is 1. The fourth-order valence-electron chi connectivity index (χ4n) is 6.21. The molecule has 188 valence electrons. The maximum absolute atomic E-state index is 13.5. The van der Waals surface area contributed by atoms with Gasteiger partial charge in [-0.15, -0.1) is 0 Å². The van der Waals surface area contributed by atoms with Gasteiger partial charge in [-0.3, -0.25) is 4.79 Å². The van der Waals surface area contributed by atoms with Crippen molar-refractivity contribution in [2.24, 2.45) is 11.8 Å². The number of nitrogens with zero attached hydrogens (tertiary/aromatic N) is 3. The van der Waals surface area contributed by atoms with Crippen molar-refractivity contribution in [2.75, 3.05) is 20.2 Å². The van der Waals surface area contributed by atoms with Crippen molar-refractivity contribution in [3.05, 3.63) is 77.9 Å². The first-order valence-electron chi connectivity index (χ1n) is 12.8. The van der Waals surface area contributed by atoms with Crippen molar-refractivity contribution in [1.29, 1.82) is 0 Å². The number of ether oxygens (including phenoxy) is 3. The van der Waals surface area contributed by atoms with Gasteiger partial charge in [-0.2, -0.15) is 0 Å². The molecule has 0 N–H and O–H groups in total. The van der Waals surface area contributed by atoms with Gasteiger partial charge in [0.05, 0.1) is 25.6 Å². The first kappa shape index (κ1) is 23.1. The molecule has 0 spiro atoms. The minimum Gasteiger partial charge on any atom is -0.493 e. The minimum atomic E-state index is -0.398. The van der Waals surface area contributed by atoms with Crippen LogP contribution in [0.2, 0.25) is 0 Å². The lowest BCUT2D eigenvalue weighted by atomic mass is 9.70. The Labute approximate surface area is 212 Å². The van der Waals surface area contributed by atoms with Gasteiger partial charge in [-0.1, -0.05) is 24.3 Å². The summed E-state index contributed by atoms with van der Waals surface area (Å²) in [6.45, 7) is 6.39. The number of carbonyl (C=O) groups excluding carboxylic acids is 1. The van der Waals surface area contributed by atoms with Crippen molar-refractivity contribution in [1.82, 2.24) is 14.5 Å². The molecule has 0 aliphatic carbocycles. The van der Waals surface area contributed by atoms with E-state index in [0.717, 1.165) is 41.0 Å². The van der Waals surface area contributed by atoms with Crippen LogP contribution in [-0.4, -0.2) is 52.3 Å². The van der Waals surface area contributed by atoms with Crippen molar-refractivity contribution < 1.29 is 19.0 Å². The average Bonchev–Trinajstić information content (AvgIpc) is 3.40. The van der Waals surface area contributed by atoms with E-state index in [4.69, 9.17) is 14.2 Å². The molecule has 1 amide bonds. The Morgan fingerprint density at radius 3 is 2.89 bits per heavy atom. The van der Waals surface area contributed by atoms with Gasteiger partial charge in [0.25, 0.3) is 5.91 Å². The molecular formula is C29H33N3O4. The van der Waals surface area contributed by atoms with Crippen LogP contribution in [0.15, 0.2) is 61.2 Å². The maximum Gasteiger partial charge on any atom is 0.253 e. The molecule has 0 bridgehead atoms.